The largest absolute Gasteiger partial charge is 0.435 e. The molecule has 1 fully saturated rings. The Morgan fingerprint density at radius 1 is 1.55 bits per heavy atom. The number of carbonyl (C=O) groups excluding carboxylic acids is 1. The van der Waals surface area contributed by atoms with Crippen LogP contribution >= 0.6 is 0 Å². The van der Waals surface area contributed by atoms with E-state index in [1.54, 1.807) is 0 Å². The van der Waals surface area contributed by atoms with Crippen molar-refractivity contribution in [2.24, 2.45) is 0 Å². The fourth-order valence-electron chi connectivity index (χ4n) is 1.87. The van der Waals surface area contributed by atoms with Crippen LogP contribution in [0.1, 0.15) is 10.4 Å². The maximum atomic E-state index is 12.1. The Labute approximate surface area is 115 Å². The highest BCUT2D eigenvalue weighted by atomic mass is 19.3. The zero-order valence-corrected chi connectivity index (χ0v) is 10.8. The molecule has 110 valence electrons. The zero-order valence-electron chi connectivity index (χ0n) is 10.8. The molecule has 1 aromatic carbocycles. The first-order chi connectivity index (χ1) is 9.65. The second-order valence-electron chi connectivity index (χ2n) is 4.31. The molecule has 0 spiro atoms. The topological polar surface area (TPSA) is 59.6 Å². The van der Waals surface area contributed by atoms with Gasteiger partial charge in [-0.1, -0.05) is 6.07 Å². The minimum Gasteiger partial charge on any atom is -0.435 e. The van der Waals surface area contributed by atoms with Crippen LogP contribution in [0.2, 0.25) is 0 Å². The minimum atomic E-state index is -2.91. The van der Waals surface area contributed by atoms with E-state index in [0.29, 0.717) is 19.7 Å². The standard InChI is InChI=1S/C13H16F2N2O3/c14-13(15)20-10-3-1-2-9(6-10)12(18)17-8-11-7-16-4-5-19-11/h1-3,6,11,13,16H,4-5,7-8H2,(H,17,18). The number of hydrogen-bond donors (Lipinski definition) is 2. The monoisotopic (exact) mass is 286 g/mol. The minimum absolute atomic E-state index is 0.0387. The Morgan fingerprint density at radius 3 is 3.10 bits per heavy atom. The first-order valence-corrected chi connectivity index (χ1v) is 6.30. The highest BCUT2D eigenvalue weighted by Crippen LogP contribution is 2.15. The van der Waals surface area contributed by atoms with E-state index in [2.05, 4.69) is 15.4 Å². The van der Waals surface area contributed by atoms with Gasteiger partial charge < -0.3 is 20.1 Å². The third-order valence-electron chi connectivity index (χ3n) is 2.82. The molecule has 1 aliphatic heterocycles. The van der Waals surface area contributed by atoms with Crippen molar-refractivity contribution in [1.82, 2.24) is 10.6 Å². The second kappa shape index (κ2) is 7.16. The van der Waals surface area contributed by atoms with Crippen LogP contribution in [0.15, 0.2) is 24.3 Å². The first kappa shape index (κ1) is 14.7. The van der Waals surface area contributed by atoms with Gasteiger partial charge in [0.05, 0.1) is 12.7 Å². The first-order valence-electron chi connectivity index (χ1n) is 6.30. The molecule has 0 aliphatic carbocycles. The molecule has 0 bridgehead atoms. The molecule has 7 heteroatoms. The van der Waals surface area contributed by atoms with Crippen molar-refractivity contribution in [3.8, 4) is 5.75 Å². The summed E-state index contributed by atoms with van der Waals surface area (Å²) in [6.07, 6.45) is -0.0757. The predicted octanol–water partition coefficient (Wildman–Crippen LogP) is 1.01. The van der Waals surface area contributed by atoms with Gasteiger partial charge in [0.2, 0.25) is 0 Å². The van der Waals surface area contributed by atoms with E-state index in [-0.39, 0.29) is 23.3 Å². The smallest absolute Gasteiger partial charge is 0.387 e. The second-order valence-corrected chi connectivity index (χ2v) is 4.31. The highest BCUT2D eigenvalue weighted by molar-refractivity contribution is 5.94. The average molecular weight is 286 g/mol. The van der Waals surface area contributed by atoms with Crippen LogP contribution < -0.4 is 15.4 Å². The average Bonchev–Trinajstić information content (AvgIpc) is 2.45. The van der Waals surface area contributed by atoms with Gasteiger partial charge in [0.15, 0.2) is 0 Å². The van der Waals surface area contributed by atoms with Crippen molar-refractivity contribution in [3.63, 3.8) is 0 Å². The normalized spacial score (nSPS) is 18.9. The molecule has 1 amide bonds. The maximum absolute atomic E-state index is 12.1. The van der Waals surface area contributed by atoms with Crippen molar-refractivity contribution in [2.45, 2.75) is 12.7 Å². The number of halogens is 2. The van der Waals surface area contributed by atoms with Crippen LogP contribution in [0.4, 0.5) is 8.78 Å². The van der Waals surface area contributed by atoms with Gasteiger partial charge in [-0.05, 0) is 18.2 Å². The summed E-state index contributed by atoms with van der Waals surface area (Å²) < 4.78 is 33.9. The lowest BCUT2D eigenvalue weighted by molar-refractivity contribution is -0.0498. The summed E-state index contributed by atoms with van der Waals surface area (Å²) in [5.74, 6) is -0.387. The Hall–Kier alpha value is -1.73. The summed E-state index contributed by atoms with van der Waals surface area (Å²) in [7, 11) is 0. The predicted molar refractivity (Wildman–Crippen MR) is 68.0 cm³/mol. The summed E-state index contributed by atoms with van der Waals surface area (Å²) >= 11 is 0. The van der Waals surface area contributed by atoms with Gasteiger partial charge in [-0.15, -0.1) is 0 Å². The van der Waals surface area contributed by atoms with Crippen LogP contribution in [-0.2, 0) is 4.74 Å². The van der Waals surface area contributed by atoms with Crippen molar-refractivity contribution >= 4 is 5.91 Å². The fraction of sp³-hybridized carbons (Fsp3) is 0.462. The molecule has 0 saturated carbocycles. The van der Waals surface area contributed by atoms with Crippen LogP contribution in [0, 0.1) is 0 Å². The molecule has 2 rings (SSSR count). The molecule has 2 N–H and O–H groups in total. The highest BCUT2D eigenvalue weighted by Gasteiger charge is 2.15. The van der Waals surface area contributed by atoms with E-state index in [4.69, 9.17) is 4.74 Å². The lowest BCUT2D eigenvalue weighted by atomic mass is 10.2. The van der Waals surface area contributed by atoms with E-state index in [1.165, 1.54) is 24.3 Å². The number of alkyl halides is 2. The van der Waals surface area contributed by atoms with Crippen LogP contribution in [-0.4, -0.2) is 44.9 Å². The summed E-state index contributed by atoms with van der Waals surface area (Å²) in [4.78, 5) is 11.9. The zero-order chi connectivity index (χ0) is 14.4. The van der Waals surface area contributed by atoms with Crippen molar-refractivity contribution in [2.75, 3.05) is 26.2 Å². The molecule has 0 radical (unpaired) electrons. The number of benzene rings is 1. The molecule has 1 unspecified atom stereocenters. The number of ether oxygens (including phenoxy) is 2. The lowest BCUT2D eigenvalue weighted by Crippen LogP contribution is -2.45. The molecule has 1 saturated heterocycles. The van der Waals surface area contributed by atoms with Gasteiger partial charge in [0.25, 0.3) is 5.91 Å². The molecular formula is C13H16F2N2O3. The molecular weight excluding hydrogens is 270 g/mol. The molecule has 1 aliphatic rings. The van der Waals surface area contributed by atoms with Gasteiger partial charge in [-0.3, -0.25) is 4.79 Å². The number of rotatable bonds is 5. The SMILES string of the molecule is O=C(NCC1CNCCO1)c1cccc(OC(F)F)c1. The number of hydrogen-bond acceptors (Lipinski definition) is 4. The molecule has 1 heterocycles. The summed E-state index contributed by atoms with van der Waals surface area (Å²) in [5.41, 5.74) is 0.270. The van der Waals surface area contributed by atoms with Gasteiger partial charge >= 0.3 is 6.61 Å². The summed E-state index contributed by atoms with van der Waals surface area (Å²) in [6, 6.07) is 5.68. The molecule has 1 aromatic rings. The Morgan fingerprint density at radius 2 is 2.40 bits per heavy atom. The lowest BCUT2D eigenvalue weighted by Gasteiger charge is -2.23. The van der Waals surface area contributed by atoms with E-state index in [0.717, 1.165) is 6.54 Å². The summed E-state index contributed by atoms with van der Waals surface area (Å²) in [5, 5.41) is 5.85. The van der Waals surface area contributed by atoms with Crippen LogP contribution in [0.3, 0.4) is 0 Å². The Bertz CT molecular complexity index is 451. The van der Waals surface area contributed by atoms with E-state index in [9.17, 15) is 13.6 Å². The summed E-state index contributed by atoms with van der Waals surface area (Å²) in [6.45, 7) is -0.453. The number of carbonyl (C=O) groups is 1. The molecule has 20 heavy (non-hydrogen) atoms. The van der Waals surface area contributed by atoms with Gasteiger partial charge in [-0.25, -0.2) is 0 Å². The number of morpholine rings is 1. The molecule has 1 atom stereocenters. The van der Waals surface area contributed by atoms with Crippen molar-refractivity contribution in [1.29, 1.82) is 0 Å². The van der Waals surface area contributed by atoms with E-state index in [1.807, 2.05) is 0 Å². The number of nitrogens with one attached hydrogen (secondary N) is 2. The molecule has 5 nitrogen and oxygen atoms in total. The third-order valence-corrected chi connectivity index (χ3v) is 2.82. The Balaban J connectivity index is 1.88. The van der Waals surface area contributed by atoms with Crippen LogP contribution in [0.5, 0.6) is 5.75 Å². The third kappa shape index (κ3) is 4.43. The fourth-order valence-corrected chi connectivity index (χ4v) is 1.87. The molecule has 0 aromatic heterocycles. The Kier molecular flexibility index (Phi) is 5.25. The van der Waals surface area contributed by atoms with Gasteiger partial charge in [0.1, 0.15) is 5.75 Å². The van der Waals surface area contributed by atoms with Crippen molar-refractivity contribution in [3.05, 3.63) is 29.8 Å². The van der Waals surface area contributed by atoms with E-state index < -0.39 is 6.61 Å². The van der Waals surface area contributed by atoms with E-state index >= 15 is 0 Å². The van der Waals surface area contributed by atoms with Gasteiger partial charge in [-0.2, -0.15) is 8.78 Å². The maximum Gasteiger partial charge on any atom is 0.387 e. The van der Waals surface area contributed by atoms with Crippen LogP contribution in [0.25, 0.3) is 0 Å². The van der Waals surface area contributed by atoms with Gasteiger partial charge in [0, 0.05) is 25.2 Å². The number of amides is 1. The quantitative estimate of drug-likeness (QED) is 0.848. The van der Waals surface area contributed by atoms with Crippen molar-refractivity contribution < 1.29 is 23.0 Å².